The molecule has 3 atom stereocenters. The Kier molecular flexibility index (Phi) is 4.73. The minimum absolute atomic E-state index is 0.00618. The molecule has 0 radical (unpaired) electrons. The highest BCUT2D eigenvalue weighted by atomic mass is 19.4. The number of rotatable bonds is 4. The number of hydrogen-bond donors (Lipinski definition) is 1. The summed E-state index contributed by atoms with van der Waals surface area (Å²) in [6.45, 7) is 0. The Morgan fingerprint density at radius 3 is 2.70 bits per heavy atom. The molecular weight excluding hydrogens is 452 g/mol. The topological polar surface area (TPSA) is 86.3 Å². The molecule has 1 aliphatic carbocycles. The Morgan fingerprint density at radius 2 is 1.97 bits per heavy atom. The predicted molar refractivity (Wildman–Crippen MR) is 104 cm³/mol. The van der Waals surface area contributed by atoms with E-state index in [9.17, 15) is 26.3 Å². The van der Waals surface area contributed by atoms with Crippen molar-refractivity contribution in [1.29, 1.82) is 0 Å². The number of halogens is 6. The number of aromatic nitrogens is 3. The van der Waals surface area contributed by atoms with E-state index in [-0.39, 0.29) is 35.1 Å². The summed E-state index contributed by atoms with van der Waals surface area (Å²) in [5.74, 6) is -1.60. The highest BCUT2D eigenvalue weighted by molar-refractivity contribution is 5.76. The Labute approximate surface area is 182 Å². The standard InChI is InChI=1S/C21H15F6N5O/c22-12-2-1-9(5-10(12)20(18(23)24)11-7-15(11)33-19(28)32-20)6-14-17-13(3-4-29-14)31-16(8-30-17)21(25,26)27/h1-5,8,11,15,18H,6-7H2,(H2,28,32)/t11-,15+,20+/m0/s1. The van der Waals surface area contributed by atoms with Gasteiger partial charge in [0.1, 0.15) is 17.4 Å². The van der Waals surface area contributed by atoms with E-state index in [1.165, 1.54) is 24.4 Å². The van der Waals surface area contributed by atoms with Crippen LogP contribution in [0.4, 0.5) is 26.3 Å². The fourth-order valence-corrected chi connectivity index (χ4v) is 4.25. The summed E-state index contributed by atoms with van der Waals surface area (Å²) in [6, 6.07) is 4.55. The third kappa shape index (κ3) is 3.53. The highest BCUT2D eigenvalue weighted by Gasteiger charge is 2.64. The van der Waals surface area contributed by atoms with Crippen LogP contribution in [0.3, 0.4) is 0 Å². The van der Waals surface area contributed by atoms with Crippen LogP contribution in [0.25, 0.3) is 11.0 Å². The number of ether oxygens (including phenoxy) is 1. The van der Waals surface area contributed by atoms with Gasteiger partial charge < -0.3 is 10.5 Å². The van der Waals surface area contributed by atoms with Gasteiger partial charge in [0, 0.05) is 24.1 Å². The number of nitrogens with zero attached hydrogens (tertiary/aromatic N) is 4. The summed E-state index contributed by atoms with van der Waals surface area (Å²) in [7, 11) is 0. The SMILES string of the molecule is NC1=N[C@@](c2cc(Cc3nccc4nc(C(F)(F)F)cnc34)ccc2F)(C(F)F)[C@H]2C[C@H]2O1. The minimum Gasteiger partial charge on any atom is -0.462 e. The number of aliphatic imine (C=N–C) groups is 1. The van der Waals surface area contributed by atoms with Gasteiger partial charge in [-0.15, -0.1) is 0 Å². The van der Waals surface area contributed by atoms with Crippen molar-refractivity contribution in [2.45, 2.75) is 37.1 Å². The van der Waals surface area contributed by atoms with Gasteiger partial charge in [-0.25, -0.2) is 23.1 Å². The molecule has 2 aliphatic rings. The first-order valence-electron chi connectivity index (χ1n) is 9.86. The largest absolute Gasteiger partial charge is 0.462 e. The molecule has 0 spiro atoms. The van der Waals surface area contributed by atoms with Gasteiger partial charge in [-0.3, -0.25) is 9.97 Å². The molecule has 2 N–H and O–H groups in total. The molecule has 2 aromatic heterocycles. The summed E-state index contributed by atoms with van der Waals surface area (Å²) in [6.07, 6.45) is -6.13. The molecule has 1 aromatic carbocycles. The van der Waals surface area contributed by atoms with Crippen LogP contribution in [0.15, 0.2) is 41.7 Å². The average molecular weight is 467 g/mol. The van der Waals surface area contributed by atoms with Gasteiger partial charge in [-0.2, -0.15) is 13.2 Å². The first-order chi connectivity index (χ1) is 15.6. The van der Waals surface area contributed by atoms with Gasteiger partial charge in [0.15, 0.2) is 11.2 Å². The quantitative estimate of drug-likeness (QED) is 0.587. The summed E-state index contributed by atoms with van der Waals surface area (Å²) < 4.78 is 87.4. The summed E-state index contributed by atoms with van der Waals surface area (Å²) in [5.41, 5.74) is 2.69. The summed E-state index contributed by atoms with van der Waals surface area (Å²) in [5, 5.41) is 0. The minimum atomic E-state index is -4.66. The molecule has 12 heteroatoms. The van der Waals surface area contributed by atoms with Crippen LogP contribution >= 0.6 is 0 Å². The summed E-state index contributed by atoms with van der Waals surface area (Å²) >= 11 is 0. The fraction of sp³-hybridized carbons (Fsp3) is 0.333. The zero-order chi connectivity index (χ0) is 23.5. The fourth-order valence-electron chi connectivity index (χ4n) is 4.25. The van der Waals surface area contributed by atoms with Crippen LogP contribution in [-0.4, -0.2) is 33.5 Å². The predicted octanol–water partition coefficient (Wildman–Crippen LogP) is 3.97. The smallest absolute Gasteiger partial charge is 0.434 e. The molecule has 0 saturated heterocycles. The van der Waals surface area contributed by atoms with E-state index in [1.54, 1.807) is 0 Å². The number of nitrogens with two attached hydrogens (primary N) is 1. The van der Waals surface area contributed by atoms with E-state index in [4.69, 9.17) is 10.5 Å². The van der Waals surface area contributed by atoms with Gasteiger partial charge >= 0.3 is 6.18 Å². The van der Waals surface area contributed by atoms with Gasteiger partial charge in [0.25, 0.3) is 12.4 Å². The Bertz CT molecular complexity index is 1280. The molecule has 5 rings (SSSR count). The zero-order valence-corrected chi connectivity index (χ0v) is 16.7. The Hall–Kier alpha value is -3.44. The summed E-state index contributed by atoms with van der Waals surface area (Å²) in [4.78, 5) is 15.4. The average Bonchev–Trinajstić information content (AvgIpc) is 3.53. The van der Waals surface area contributed by atoms with Crippen LogP contribution in [0.1, 0.15) is 28.9 Å². The van der Waals surface area contributed by atoms with Crippen molar-refractivity contribution in [3.63, 3.8) is 0 Å². The second-order valence-electron chi connectivity index (χ2n) is 7.94. The molecular formula is C21H15F6N5O. The van der Waals surface area contributed by atoms with Crippen LogP contribution in [0.5, 0.6) is 0 Å². The Balaban J connectivity index is 1.56. The maximum atomic E-state index is 14.8. The molecule has 3 aromatic rings. The molecule has 3 heterocycles. The maximum absolute atomic E-state index is 14.8. The molecule has 172 valence electrons. The van der Waals surface area contributed by atoms with Crippen LogP contribution in [0, 0.1) is 11.7 Å². The van der Waals surface area contributed by atoms with Crippen molar-refractivity contribution < 1.29 is 31.1 Å². The molecule has 1 aliphatic heterocycles. The lowest BCUT2D eigenvalue weighted by Gasteiger charge is -2.33. The van der Waals surface area contributed by atoms with E-state index in [0.29, 0.717) is 11.8 Å². The monoisotopic (exact) mass is 467 g/mol. The van der Waals surface area contributed by atoms with Crippen molar-refractivity contribution in [2.75, 3.05) is 0 Å². The van der Waals surface area contributed by atoms with Gasteiger partial charge in [-0.1, -0.05) is 6.07 Å². The molecule has 33 heavy (non-hydrogen) atoms. The van der Waals surface area contributed by atoms with Gasteiger partial charge in [-0.05, 0) is 30.2 Å². The van der Waals surface area contributed by atoms with Crippen LogP contribution in [0.2, 0.25) is 0 Å². The van der Waals surface area contributed by atoms with E-state index in [0.717, 1.165) is 6.07 Å². The van der Waals surface area contributed by atoms with Crippen molar-refractivity contribution in [1.82, 2.24) is 15.0 Å². The molecule has 0 amide bonds. The lowest BCUT2D eigenvalue weighted by atomic mass is 9.83. The van der Waals surface area contributed by atoms with Gasteiger partial charge in [0.05, 0.1) is 17.4 Å². The van der Waals surface area contributed by atoms with E-state index in [2.05, 4.69) is 19.9 Å². The normalized spacial score (nSPS) is 24.4. The first-order valence-corrected chi connectivity index (χ1v) is 9.86. The van der Waals surface area contributed by atoms with Crippen LogP contribution < -0.4 is 5.73 Å². The van der Waals surface area contributed by atoms with Crippen molar-refractivity contribution in [3.05, 3.63) is 65.0 Å². The second-order valence-corrected chi connectivity index (χ2v) is 7.94. The van der Waals surface area contributed by atoms with Gasteiger partial charge in [0.2, 0.25) is 0 Å². The molecule has 1 fully saturated rings. The number of alkyl halides is 5. The third-order valence-electron chi connectivity index (χ3n) is 5.86. The molecule has 6 nitrogen and oxygen atoms in total. The van der Waals surface area contributed by atoms with Crippen molar-refractivity contribution >= 4 is 17.1 Å². The number of fused-ring (bicyclic) bond motifs is 2. The number of benzene rings is 1. The third-order valence-corrected chi connectivity index (χ3v) is 5.86. The van der Waals surface area contributed by atoms with Crippen molar-refractivity contribution in [2.24, 2.45) is 16.6 Å². The first kappa shape index (κ1) is 21.4. The highest BCUT2D eigenvalue weighted by Crippen LogP contribution is 2.56. The van der Waals surface area contributed by atoms with Crippen LogP contribution in [-0.2, 0) is 22.9 Å². The maximum Gasteiger partial charge on any atom is 0.434 e. The van der Waals surface area contributed by atoms with Crippen molar-refractivity contribution in [3.8, 4) is 0 Å². The Morgan fingerprint density at radius 1 is 1.18 bits per heavy atom. The number of amidine groups is 1. The van der Waals surface area contributed by atoms with E-state index < -0.39 is 47.7 Å². The number of pyridine rings is 1. The zero-order valence-electron chi connectivity index (χ0n) is 16.7. The molecule has 0 unspecified atom stereocenters. The lowest BCUT2D eigenvalue weighted by molar-refractivity contribution is -0.141. The molecule has 1 saturated carbocycles. The second kappa shape index (κ2) is 7.29. The van der Waals surface area contributed by atoms with E-state index >= 15 is 0 Å². The number of hydrogen-bond acceptors (Lipinski definition) is 6. The lowest BCUT2D eigenvalue weighted by Crippen LogP contribution is -2.43. The van der Waals surface area contributed by atoms with E-state index in [1.807, 2.05) is 0 Å². The molecule has 0 bridgehead atoms.